The molecule has 2 aromatic heterocycles. The Morgan fingerprint density at radius 1 is 1.31 bits per heavy atom. The average Bonchev–Trinajstić information content (AvgIpc) is 2.99. The predicted octanol–water partition coefficient (Wildman–Crippen LogP) is 4.40. The van der Waals surface area contributed by atoms with E-state index in [2.05, 4.69) is 30.2 Å². The lowest BCUT2D eigenvalue weighted by Crippen LogP contribution is -2.08. The summed E-state index contributed by atoms with van der Waals surface area (Å²) in [5.41, 5.74) is 5.89. The van der Waals surface area contributed by atoms with Crippen molar-refractivity contribution in [3.63, 3.8) is 0 Å². The third-order valence-corrected chi connectivity index (χ3v) is 5.57. The highest BCUT2D eigenvalue weighted by Gasteiger charge is 2.30. The Hall–Kier alpha value is -3.15. The van der Waals surface area contributed by atoms with Crippen LogP contribution in [0.4, 0.5) is 5.82 Å². The Labute approximate surface area is 170 Å². The first-order valence-electron chi connectivity index (χ1n) is 10.1. The molecule has 1 aromatic carbocycles. The zero-order valence-corrected chi connectivity index (χ0v) is 17.1. The number of ether oxygens (including phenoxy) is 1. The van der Waals surface area contributed by atoms with Crippen molar-refractivity contribution < 1.29 is 9.53 Å². The van der Waals surface area contributed by atoms with Crippen molar-refractivity contribution >= 4 is 11.8 Å². The zero-order chi connectivity index (χ0) is 20.4. The highest BCUT2D eigenvalue weighted by molar-refractivity contribution is 5.89. The van der Waals surface area contributed by atoms with Crippen LogP contribution in [-0.4, -0.2) is 34.4 Å². The van der Waals surface area contributed by atoms with Crippen LogP contribution in [0.25, 0.3) is 11.4 Å². The standard InChI is InChI=1S/C23H26N4O2/c1-4-27-22-20(21(26-27)19-9-5-6-12-24-19)18(8-7-13-25-22)17-11-10-16(14-15(17)2)23(28)29-3/h5-6,9-12,14,18,25H,4,7-8,13H2,1-3H3. The molecule has 0 aliphatic carbocycles. The molecule has 1 atom stereocenters. The summed E-state index contributed by atoms with van der Waals surface area (Å²) in [5, 5.41) is 8.50. The molecule has 0 radical (unpaired) electrons. The molecule has 4 rings (SSSR count). The second kappa shape index (κ2) is 8.07. The van der Waals surface area contributed by atoms with Gasteiger partial charge in [-0.2, -0.15) is 5.10 Å². The third-order valence-electron chi connectivity index (χ3n) is 5.57. The minimum absolute atomic E-state index is 0.184. The summed E-state index contributed by atoms with van der Waals surface area (Å²) >= 11 is 0. The van der Waals surface area contributed by atoms with E-state index in [-0.39, 0.29) is 11.9 Å². The number of benzene rings is 1. The molecule has 0 saturated carbocycles. The third kappa shape index (κ3) is 3.50. The summed E-state index contributed by atoms with van der Waals surface area (Å²) in [4.78, 5) is 16.5. The fourth-order valence-electron chi connectivity index (χ4n) is 4.19. The van der Waals surface area contributed by atoms with Crippen molar-refractivity contribution in [3.05, 3.63) is 64.8 Å². The monoisotopic (exact) mass is 390 g/mol. The van der Waals surface area contributed by atoms with E-state index in [9.17, 15) is 4.79 Å². The van der Waals surface area contributed by atoms with Crippen LogP contribution in [0.1, 0.15) is 52.7 Å². The van der Waals surface area contributed by atoms with Crippen LogP contribution in [-0.2, 0) is 11.3 Å². The summed E-state index contributed by atoms with van der Waals surface area (Å²) in [5.74, 6) is 0.951. The molecule has 0 spiro atoms. The molecule has 6 heteroatoms. The van der Waals surface area contributed by atoms with Gasteiger partial charge in [0, 0.05) is 30.8 Å². The molecule has 3 aromatic rings. The van der Waals surface area contributed by atoms with Crippen molar-refractivity contribution in [2.45, 2.75) is 39.2 Å². The van der Waals surface area contributed by atoms with Crippen LogP contribution in [0.3, 0.4) is 0 Å². The number of fused-ring (bicyclic) bond motifs is 1. The fraction of sp³-hybridized carbons (Fsp3) is 0.348. The number of aromatic nitrogens is 3. The molecule has 6 nitrogen and oxygen atoms in total. The normalized spacial score (nSPS) is 15.9. The number of hydrogen-bond acceptors (Lipinski definition) is 5. The van der Waals surface area contributed by atoms with Gasteiger partial charge in [-0.05, 0) is 62.1 Å². The number of esters is 1. The van der Waals surface area contributed by atoms with Crippen molar-refractivity contribution in [2.24, 2.45) is 0 Å². The average molecular weight is 390 g/mol. The molecule has 1 N–H and O–H groups in total. The van der Waals surface area contributed by atoms with Gasteiger partial charge in [-0.1, -0.05) is 12.1 Å². The Bertz CT molecular complexity index is 1030. The van der Waals surface area contributed by atoms with Gasteiger partial charge in [0.1, 0.15) is 11.5 Å². The number of rotatable bonds is 4. The lowest BCUT2D eigenvalue weighted by molar-refractivity contribution is 0.0600. The van der Waals surface area contributed by atoms with Gasteiger partial charge in [-0.25, -0.2) is 9.48 Å². The topological polar surface area (TPSA) is 69.0 Å². The number of hydrogen-bond donors (Lipinski definition) is 1. The molecule has 0 saturated heterocycles. The molecule has 0 bridgehead atoms. The minimum atomic E-state index is -0.309. The van der Waals surface area contributed by atoms with Crippen molar-refractivity contribution in [2.75, 3.05) is 19.0 Å². The number of nitrogens with zero attached hydrogens (tertiary/aromatic N) is 3. The largest absolute Gasteiger partial charge is 0.465 e. The summed E-state index contributed by atoms with van der Waals surface area (Å²) in [6, 6.07) is 11.8. The minimum Gasteiger partial charge on any atom is -0.465 e. The van der Waals surface area contributed by atoms with E-state index < -0.39 is 0 Å². The summed E-state index contributed by atoms with van der Waals surface area (Å²) in [6.07, 6.45) is 3.87. The van der Waals surface area contributed by atoms with Crippen molar-refractivity contribution in [3.8, 4) is 11.4 Å². The highest BCUT2D eigenvalue weighted by Crippen LogP contribution is 2.42. The smallest absolute Gasteiger partial charge is 0.337 e. The van der Waals surface area contributed by atoms with E-state index in [0.29, 0.717) is 5.56 Å². The summed E-state index contributed by atoms with van der Waals surface area (Å²) in [6.45, 7) is 5.86. The van der Waals surface area contributed by atoms with Crippen LogP contribution in [0.2, 0.25) is 0 Å². The molecule has 29 heavy (non-hydrogen) atoms. The fourth-order valence-corrected chi connectivity index (χ4v) is 4.19. The number of methoxy groups -OCH3 is 1. The Kier molecular flexibility index (Phi) is 5.34. The molecule has 0 fully saturated rings. The molecule has 3 heterocycles. The van der Waals surface area contributed by atoms with Gasteiger partial charge in [0.25, 0.3) is 0 Å². The maximum Gasteiger partial charge on any atom is 0.337 e. The number of carbonyl (C=O) groups excluding carboxylic acids is 1. The number of anilines is 1. The predicted molar refractivity (Wildman–Crippen MR) is 113 cm³/mol. The lowest BCUT2D eigenvalue weighted by Gasteiger charge is -2.19. The quantitative estimate of drug-likeness (QED) is 0.669. The lowest BCUT2D eigenvalue weighted by atomic mass is 9.84. The van der Waals surface area contributed by atoms with Crippen molar-refractivity contribution in [1.82, 2.24) is 14.8 Å². The molecule has 150 valence electrons. The molecular weight excluding hydrogens is 364 g/mol. The maximum absolute atomic E-state index is 11.9. The first kappa shape index (κ1) is 19.2. The number of nitrogens with one attached hydrogen (secondary N) is 1. The van der Waals surface area contributed by atoms with Gasteiger partial charge in [0.15, 0.2) is 0 Å². The SMILES string of the molecule is CCn1nc(-c2ccccn2)c2c1NCCCC2c1ccc(C(=O)OC)cc1C. The second-order valence-corrected chi connectivity index (χ2v) is 7.33. The number of aryl methyl sites for hydroxylation is 2. The van der Waals surface area contributed by atoms with Gasteiger partial charge >= 0.3 is 5.97 Å². The van der Waals surface area contributed by atoms with Crippen LogP contribution in [0, 0.1) is 6.92 Å². The summed E-state index contributed by atoms with van der Waals surface area (Å²) < 4.78 is 6.91. The number of carbonyl (C=O) groups is 1. The van der Waals surface area contributed by atoms with Crippen molar-refractivity contribution in [1.29, 1.82) is 0 Å². The van der Waals surface area contributed by atoms with E-state index in [1.165, 1.54) is 18.2 Å². The van der Waals surface area contributed by atoms with Crippen LogP contribution < -0.4 is 5.32 Å². The Morgan fingerprint density at radius 2 is 2.17 bits per heavy atom. The summed E-state index contributed by atoms with van der Waals surface area (Å²) in [7, 11) is 1.41. The van der Waals surface area contributed by atoms with E-state index in [4.69, 9.17) is 9.84 Å². The first-order valence-corrected chi connectivity index (χ1v) is 10.1. The van der Waals surface area contributed by atoms with E-state index >= 15 is 0 Å². The van der Waals surface area contributed by atoms with Gasteiger partial charge in [-0.3, -0.25) is 4.98 Å². The molecule has 1 unspecified atom stereocenters. The van der Waals surface area contributed by atoms with Crippen LogP contribution in [0.5, 0.6) is 0 Å². The zero-order valence-electron chi connectivity index (χ0n) is 17.1. The highest BCUT2D eigenvalue weighted by atomic mass is 16.5. The van der Waals surface area contributed by atoms with Gasteiger partial charge in [0.2, 0.25) is 0 Å². The van der Waals surface area contributed by atoms with E-state index in [0.717, 1.165) is 48.7 Å². The Balaban J connectivity index is 1.88. The molecular formula is C23H26N4O2. The Morgan fingerprint density at radius 3 is 2.86 bits per heavy atom. The van der Waals surface area contributed by atoms with Gasteiger partial charge in [0.05, 0.1) is 18.4 Å². The molecule has 0 amide bonds. The number of pyridine rings is 1. The van der Waals surface area contributed by atoms with Crippen LogP contribution >= 0.6 is 0 Å². The van der Waals surface area contributed by atoms with E-state index in [1.54, 1.807) is 0 Å². The first-order chi connectivity index (χ1) is 14.1. The van der Waals surface area contributed by atoms with Gasteiger partial charge < -0.3 is 10.1 Å². The van der Waals surface area contributed by atoms with Gasteiger partial charge in [-0.15, -0.1) is 0 Å². The second-order valence-electron chi connectivity index (χ2n) is 7.33. The van der Waals surface area contributed by atoms with Crippen LogP contribution in [0.15, 0.2) is 42.6 Å². The molecule has 1 aliphatic heterocycles. The van der Waals surface area contributed by atoms with E-state index in [1.807, 2.05) is 41.2 Å². The maximum atomic E-state index is 11.9. The molecule has 1 aliphatic rings.